The average molecular weight is 548 g/mol. The fourth-order valence-electron chi connectivity index (χ4n) is 5.82. The van der Waals surface area contributed by atoms with Crippen molar-refractivity contribution in [2.24, 2.45) is 0 Å². The monoisotopic (exact) mass is 547 g/mol. The van der Waals surface area contributed by atoms with E-state index in [0.29, 0.717) is 18.2 Å². The maximum atomic E-state index is 11.2. The minimum absolute atomic E-state index is 0.0400. The van der Waals surface area contributed by atoms with Gasteiger partial charge in [0.15, 0.2) is 0 Å². The molecule has 6 nitrogen and oxygen atoms in total. The first-order chi connectivity index (χ1) is 19.0. The fraction of sp³-hybridized carbons (Fsp3) is 0.438. The summed E-state index contributed by atoms with van der Waals surface area (Å²) >= 11 is 1.85. The normalized spacial score (nSPS) is 17.4. The first kappa shape index (κ1) is 27.4. The molecule has 0 radical (unpaired) electrons. The molecule has 0 bridgehead atoms. The Balaban J connectivity index is 1.40. The molecule has 206 valence electrons. The quantitative estimate of drug-likeness (QED) is 0.244. The SMILES string of the molecule is CCc1cc(OCCCSC)cc(CC)c1-c1cccc2c1CCC2Oc1cc2c(cn1)C(CC(=O)O)CO2. The Hall–Kier alpha value is -3.19. The third-order valence-electron chi connectivity index (χ3n) is 7.72. The van der Waals surface area contributed by atoms with Gasteiger partial charge in [-0.25, -0.2) is 4.98 Å². The Labute approximate surface area is 235 Å². The number of rotatable bonds is 12. The molecule has 2 aromatic carbocycles. The van der Waals surface area contributed by atoms with E-state index in [1.165, 1.54) is 33.4 Å². The lowest BCUT2D eigenvalue weighted by molar-refractivity contribution is -0.137. The number of hydrogen-bond donors (Lipinski definition) is 1. The topological polar surface area (TPSA) is 77.9 Å². The highest BCUT2D eigenvalue weighted by Crippen LogP contribution is 2.44. The predicted octanol–water partition coefficient (Wildman–Crippen LogP) is 7.02. The number of carboxylic acids is 1. The highest BCUT2D eigenvalue weighted by molar-refractivity contribution is 7.98. The van der Waals surface area contributed by atoms with E-state index < -0.39 is 5.97 Å². The molecule has 5 rings (SSSR count). The summed E-state index contributed by atoms with van der Waals surface area (Å²) in [5, 5.41) is 9.17. The molecule has 1 aliphatic heterocycles. The second kappa shape index (κ2) is 12.3. The lowest BCUT2D eigenvalue weighted by Crippen LogP contribution is -2.07. The van der Waals surface area contributed by atoms with Crippen LogP contribution in [0.5, 0.6) is 17.4 Å². The van der Waals surface area contributed by atoms with Crippen LogP contribution in [0.2, 0.25) is 0 Å². The Kier molecular flexibility index (Phi) is 8.66. The summed E-state index contributed by atoms with van der Waals surface area (Å²) in [6.07, 6.45) is 8.55. The average Bonchev–Trinajstić information content (AvgIpc) is 3.54. The summed E-state index contributed by atoms with van der Waals surface area (Å²) in [6.45, 7) is 5.54. The van der Waals surface area contributed by atoms with E-state index in [0.717, 1.165) is 55.8 Å². The zero-order valence-electron chi connectivity index (χ0n) is 23.0. The Morgan fingerprint density at radius 1 is 1.15 bits per heavy atom. The van der Waals surface area contributed by atoms with Crippen LogP contribution in [-0.4, -0.2) is 41.3 Å². The van der Waals surface area contributed by atoms with Crippen molar-refractivity contribution in [3.05, 3.63) is 70.4 Å². The van der Waals surface area contributed by atoms with Crippen molar-refractivity contribution < 1.29 is 24.1 Å². The molecular formula is C32H37NO5S. The molecule has 7 heteroatoms. The first-order valence-electron chi connectivity index (χ1n) is 13.9. The van der Waals surface area contributed by atoms with E-state index in [1.54, 1.807) is 12.3 Å². The van der Waals surface area contributed by atoms with Gasteiger partial charge < -0.3 is 19.3 Å². The third-order valence-corrected chi connectivity index (χ3v) is 8.41. The van der Waals surface area contributed by atoms with E-state index in [4.69, 9.17) is 19.3 Å². The van der Waals surface area contributed by atoms with Crippen LogP contribution in [0.3, 0.4) is 0 Å². The van der Waals surface area contributed by atoms with Gasteiger partial charge in [0.05, 0.1) is 19.6 Å². The molecule has 0 saturated carbocycles. The number of nitrogens with zero attached hydrogens (tertiary/aromatic N) is 1. The van der Waals surface area contributed by atoms with E-state index >= 15 is 0 Å². The van der Waals surface area contributed by atoms with Crippen LogP contribution >= 0.6 is 11.8 Å². The molecule has 2 heterocycles. The minimum Gasteiger partial charge on any atom is -0.494 e. The van der Waals surface area contributed by atoms with E-state index in [-0.39, 0.29) is 18.4 Å². The molecule has 2 aliphatic rings. The molecule has 0 fully saturated rings. The fourth-order valence-corrected chi connectivity index (χ4v) is 6.23. The van der Waals surface area contributed by atoms with Gasteiger partial charge in [-0.2, -0.15) is 11.8 Å². The molecule has 1 aliphatic carbocycles. The van der Waals surface area contributed by atoms with Gasteiger partial charge in [-0.15, -0.1) is 0 Å². The Bertz CT molecular complexity index is 1320. The number of aliphatic carboxylic acids is 1. The minimum atomic E-state index is -0.832. The number of ether oxygens (including phenoxy) is 3. The summed E-state index contributed by atoms with van der Waals surface area (Å²) in [5.41, 5.74) is 8.67. The predicted molar refractivity (Wildman–Crippen MR) is 156 cm³/mol. The van der Waals surface area contributed by atoms with E-state index in [1.807, 2.05) is 11.8 Å². The van der Waals surface area contributed by atoms with Crippen LogP contribution in [-0.2, 0) is 24.1 Å². The zero-order valence-corrected chi connectivity index (χ0v) is 23.8. The summed E-state index contributed by atoms with van der Waals surface area (Å²) < 4.78 is 18.3. The molecule has 1 aromatic heterocycles. The van der Waals surface area contributed by atoms with Crippen LogP contribution in [0.4, 0.5) is 0 Å². The van der Waals surface area contributed by atoms with Gasteiger partial charge in [-0.05, 0) is 89.6 Å². The number of aryl methyl sites for hydroxylation is 2. The first-order valence-corrected chi connectivity index (χ1v) is 15.3. The molecule has 2 unspecified atom stereocenters. The van der Waals surface area contributed by atoms with Crippen LogP contribution in [0.1, 0.15) is 72.9 Å². The van der Waals surface area contributed by atoms with Crippen molar-refractivity contribution in [2.75, 3.05) is 25.2 Å². The summed E-state index contributed by atoms with van der Waals surface area (Å²) in [7, 11) is 0. The van der Waals surface area contributed by atoms with Gasteiger partial charge >= 0.3 is 5.97 Å². The van der Waals surface area contributed by atoms with Crippen molar-refractivity contribution in [1.29, 1.82) is 0 Å². The van der Waals surface area contributed by atoms with Gasteiger partial charge in [0.25, 0.3) is 0 Å². The van der Waals surface area contributed by atoms with Crippen molar-refractivity contribution in [2.45, 2.75) is 64.4 Å². The van der Waals surface area contributed by atoms with Crippen molar-refractivity contribution in [1.82, 2.24) is 4.98 Å². The second-order valence-electron chi connectivity index (χ2n) is 10.2. The lowest BCUT2D eigenvalue weighted by Gasteiger charge is -2.20. The number of pyridine rings is 1. The number of carbonyl (C=O) groups is 1. The third kappa shape index (κ3) is 5.88. The number of carboxylic acid groups (broad SMARTS) is 1. The maximum absolute atomic E-state index is 11.2. The highest BCUT2D eigenvalue weighted by Gasteiger charge is 2.30. The Morgan fingerprint density at radius 3 is 2.67 bits per heavy atom. The molecule has 0 amide bonds. The smallest absolute Gasteiger partial charge is 0.304 e. The number of fused-ring (bicyclic) bond motifs is 2. The second-order valence-corrected chi connectivity index (χ2v) is 11.2. The molecule has 39 heavy (non-hydrogen) atoms. The molecule has 2 atom stereocenters. The molecule has 3 aromatic rings. The van der Waals surface area contributed by atoms with E-state index in [2.05, 4.69) is 55.4 Å². The molecule has 1 N–H and O–H groups in total. The van der Waals surface area contributed by atoms with Crippen molar-refractivity contribution in [3.8, 4) is 28.5 Å². The number of thioether (sulfide) groups is 1. The highest BCUT2D eigenvalue weighted by atomic mass is 32.2. The van der Waals surface area contributed by atoms with E-state index in [9.17, 15) is 4.79 Å². The lowest BCUT2D eigenvalue weighted by atomic mass is 9.87. The van der Waals surface area contributed by atoms with Gasteiger partial charge in [0.1, 0.15) is 17.6 Å². The van der Waals surface area contributed by atoms with Crippen molar-refractivity contribution in [3.63, 3.8) is 0 Å². The summed E-state index contributed by atoms with van der Waals surface area (Å²) in [4.78, 5) is 15.7. The summed E-state index contributed by atoms with van der Waals surface area (Å²) in [5.74, 6) is 2.27. The zero-order chi connectivity index (χ0) is 27.4. The standard InChI is InChI=1S/C32H37NO5S/c1-4-20-14-23(36-12-7-13-39-3)15-21(5-2)32(20)26-9-6-8-25-24(26)10-11-28(25)38-30-17-29-27(18-33-30)22(19-37-29)16-31(34)35/h6,8-9,14-15,17-18,22,28H,4-5,7,10-13,16,19H2,1-3H3,(H,34,35). The number of aromatic nitrogens is 1. The molecule has 0 saturated heterocycles. The van der Waals surface area contributed by atoms with Gasteiger partial charge in [0, 0.05) is 23.7 Å². The van der Waals surface area contributed by atoms with Gasteiger partial charge in [-0.1, -0.05) is 32.0 Å². The number of hydrogen-bond acceptors (Lipinski definition) is 6. The summed E-state index contributed by atoms with van der Waals surface area (Å²) in [6, 6.07) is 12.8. The van der Waals surface area contributed by atoms with Crippen LogP contribution in [0.25, 0.3) is 11.1 Å². The van der Waals surface area contributed by atoms with Crippen LogP contribution < -0.4 is 14.2 Å². The largest absolute Gasteiger partial charge is 0.494 e. The number of benzene rings is 2. The van der Waals surface area contributed by atoms with Crippen LogP contribution in [0, 0.1) is 0 Å². The molecule has 0 spiro atoms. The maximum Gasteiger partial charge on any atom is 0.304 e. The van der Waals surface area contributed by atoms with Crippen LogP contribution in [0.15, 0.2) is 42.6 Å². The van der Waals surface area contributed by atoms with Gasteiger partial charge in [0.2, 0.25) is 5.88 Å². The van der Waals surface area contributed by atoms with Crippen molar-refractivity contribution >= 4 is 17.7 Å². The molecular weight excluding hydrogens is 510 g/mol. The van der Waals surface area contributed by atoms with Gasteiger partial charge in [-0.3, -0.25) is 4.79 Å². The Morgan fingerprint density at radius 2 is 1.95 bits per heavy atom.